The second kappa shape index (κ2) is 7.76. The predicted octanol–water partition coefficient (Wildman–Crippen LogP) is 3.33. The quantitative estimate of drug-likeness (QED) is 0.818. The van der Waals surface area contributed by atoms with Crippen LogP contribution in [0.5, 0.6) is 0 Å². The fourth-order valence-electron chi connectivity index (χ4n) is 1.92. The average Bonchev–Trinajstić information content (AvgIpc) is 2.55. The first-order chi connectivity index (χ1) is 11.4. The van der Waals surface area contributed by atoms with Gasteiger partial charge in [-0.25, -0.2) is 14.8 Å². The molecule has 128 valence electrons. The highest BCUT2D eigenvalue weighted by Crippen LogP contribution is 2.29. The molecule has 0 atom stereocenters. The molecule has 0 aliphatic heterocycles. The van der Waals surface area contributed by atoms with E-state index in [0.717, 1.165) is 17.7 Å². The highest BCUT2D eigenvalue weighted by atomic mass is 19.4. The van der Waals surface area contributed by atoms with Crippen molar-refractivity contribution in [3.63, 3.8) is 0 Å². The van der Waals surface area contributed by atoms with Gasteiger partial charge in [0.15, 0.2) is 0 Å². The van der Waals surface area contributed by atoms with Crippen LogP contribution < -0.4 is 5.32 Å². The van der Waals surface area contributed by atoms with E-state index in [0.29, 0.717) is 18.9 Å². The van der Waals surface area contributed by atoms with Crippen molar-refractivity contribution in [2.24, 2.45) is 0 Å². The number of carbonyl (C=O) groups excluding carboxylic acids is 1. The number of ether oxygens (including phenoxy) is 1. The largest absolute Gasteiger partial charge is 0.462 e. The molecule has 1 N–H and O–H groups in total. The van der Waals surface area contributed by atoms with Crippen LogP contribution in [0.4, 0.5) is 19.1 Å². The van der Waals surface area contributed by atoms with Crippen LogP contribution in [0.1, 0.15) is 28.4 Å². The third-order valence-electron chi connectivity index (χ3n) is 3.14. The van der Waals surface area contributed by atoms with Gasteiger partial charge in [-0.05, 0) is 31.0 Å². The summed E-state index contributed by atoms with van der Waals surface area (Å²) >= 11 is 0. The Balaban J connectivity index is 1.84. The molecule has 1 heterocycles. The molecule has 0 fully saturated rings. The first-order valence-corrected chi connectivity index (χ1v) is 7.29. The smallest absolute Gasteiger partial charge is 0.416 e. The molecular weight excluding hydrogens is 323 g/mol. The average molecular weight is 339 g/mol. The van der Waals surface area contributed by atoms with Crippen LogP contribution in [-0.4, -0.2) is 29.1 Å². The maximum atomic E-state index is 12.5. The third-order valence-corrected chi connectivity index (χ3v) is 3.14. The summed E-state index contributed by atoms with van der Waals surface area (Å²) < 4.78 is 42.2. The molecule has 0 aliphatic carbocycles. The van der Waals surface area contributed by atoms with Gasteiger partial charge in [0.2, 0.25) is 5.95 Å². The van der Waals surface area contributed by atoms with Gasteiger partial charge in [0.05, 0.1) is 17.7 Å². The van der Waals surface area contributed by atoms with Gasteiger partial charge in [0.1, 0.15) is 0 Å². The molecule has 0 spiro atoms. The molecule has 0 bridgehead atoms. The Morgan fingerprint density at radius 2 is 1.79 bits per heavy atom. The Kier molecular flexibility index (Phi) is 5.73. The Bertz CT molecular complexity index is 670. The van der Waals surface area contributed by atoms with Crippen LogP contribution in [0.15, 0.2) is 36.7 Å². The maximum absolute atomic E-state index is 12.5. The number of carbonyl (C=O) groups is 1. The zero-order valence-corrected chi connectivity index (χ0v) is 12.9. The number of aromatic nitrogens is 2. The molecule has 1 aromatic heterocycles. The van der Waals surface area contributed by atoms with E-state index >= 15 is 0 Å². The SMILES string of the molecule is CCOC(=O)c1cnc(NCCc2ccc(C(F)(F)F)cc2)nc1. The predicted molar refractivity (Wildman–Crippen MR) is 81.6 cm³/mol. The highest BCUT2D eigenvalue weighted by Gasteiger charge is 2.29. The number of nitrogens with zero attached hydrogens (tertiary/aromatic N) is 2. The highest BCUT2D eigenvalue weighted by molar-refractivity contribution is 5.88. The van der Waals surface area contributed by atoms with Gasteiger partial charge in [0.25, 0.3) is 0 Å². The Morgan fingerprint density at radius 1 is 1.17 bits per heavy atom. The standard InChI is InChI=1S/C16H16F3N3O2/c1-2-24-14(23)12-9-21-15(22-10-12)20-8-7-11-3-5-13(6-4-11)16(17,18)19/h3-6,9-10H,2,7-8H2,1H3,(H,20,21,22). The lowest BCUT2D eigenvalue weighted by atomic mass is 10.1. The molecule has 2 rings (SSSR count). The van der Waals surface area contributed by atoms with Crippen LogP contribution in [0, 0.1) is 0 Å². The Morgan fingerprint density at radius 3 is 2.33 bits per heavy atom. The van der Waals surface area contributed by atoms with E-state index in [4.69, 9.17) is 4.74 Å². The van der Waals surface area contributed by atoms with Crippen LogP contribution in [0.3, 0.4) is 0 Å². The molecule has 24 heavy (non-hydrogen) atoms. The molecular formula is C16H16F3N3O2. The van der Waals surface area contributed by atoms with Crippen molar-refractivity contribution in [2.75, 3.05) is 18.5 Å². The Labute approximate surface area is 136 Å². The number of esters is 1. The van der Waals surface area contributed by atoms with E-state index in [1.807, 2.05) is 0 Å². The van der Waals surface area contributed by atoms with Gasteiger partial charge < -0.3 is 10.1 Å². The minimum atomic E-state index is -4.33. The van der Waals surface area contributed by atoms with Crippen molar-refractivity contribution in [3.05, 3.63) is 53.3 Å². The molecule has 8 heteroatoms. The van der Waals surface area contributed by atoms with Crippen LogP contribution in [-0.2, 0) is 17.3 Å². The number of hydrogen-bond donors (Lipinski definition) is 1. The van der Waals surface area contributed by atoms with Crippen LogP contribution in [0.2, 0.25) is 0 Å². The summed E-state index contributed by atoms with van der Waals surface area (Å²) in [5.74, 6) is -0.163. The summed E-state index contributed by atoms with van der Waals surface area (Å²) in [6, 6.07) is 4.99. The monoisotopic (exact) mass is 339 g/mol. The van der Waals surface area contributed by atoms with E-state index in [1.165, 1.54) is 24.5 Å². The Hall–Kier alpha value is -2.64. The zero-order chi connectivity index (χ0) is 17.6. The van der Waals surface area contributed by atoms with Crippen molar-refractivity contribution < 1.29 is 22.7 Å². The molecule has 0 unspecified atom stereocenters. The summed E-state index contributed by atoms with van der Waals surface area (Å²) in [4.78, 5) is 19.4. The van der Waals surface area contributed by atoms with Crippen LogP contribution >= 0.6 is 0 Å². The number of halogens is 3. The lowest BCUT2D eigenvalue weighted by Gasteiger charge is -2.08. The lowest BCUT2D eigenvalue weighted by molar-refractivity contribution is -0.137. The van der Waals surface area contributed by atoms with E-state index in [1.54, 1.807) is 6.92 Å². The van der Waals surface area contributed by atoms with Crippen molar-refractivity contribution in [2.45, 2.75) is 19.5 Å². The molecule has 0 amide bonds. The van der Waals surface area contributed by atoms with Gasteiger partial charge in [-0.3, -0.25) is 0 Å². The number of benzene rings is 1. The van der Waals surface area contributed by atoms with E-state index in [2.05, 4.69) is 15.3 Å². The topological polar surface area (TPSA) is 64.1 Å². The van der Waals surface area contributed by atoms with Crippen molar-refractivity contribution in [1.29, 1.82) is 0 Å². The van der Waals surface area contributed by atoms with Gasteiger partial charge in [-0.2, -0.15) is 13.2 Å². The number of hydrogen-bond acceptors (Lipinski definition) is 5. The molecule has 1 aromatic carbocycles. The number of anilines is 1. The summed E-state index contributed by atoms with van der Waals surface area (Å²) in [5, 5.41) is 2.94. The number of alkyl halides is 3. The first kappa shape index (κ1) is 17.7. The minimum Gasteiger partial charge on any atom is -0.462 e. The first-order valence-electron chi connectivity index (χ1n) is 7.29. The van der Waals surface area contributed by atoms with Crippen molar-refractivity contribution in [1.82, 2.24) is 9.97 Å². The molecule has 0 saturated carbocycles. The molecule has 0 radical (unpaired) electrons. The van der Waals surface area contributed by atoms with E-state index in [-0.39, 0.29) is 12.2 Å². The van der Waals surface area contributed by atoms with Gasteiger partial charge >= 0.3 is 12.1 Å². The second-order valence-corrected chi connectivity index (χ2v) is 4.89. The van der Waals surface area contributed by atoms with Gasteiger partial charge in [0, 0.05) is 18.9 Å². The van der Waals surface area contributed by atoms with Crippen LogP contribution in [0.25, 0.3) is 0 Å². The van der Waals surface area contributed by atoms with E-state index in [9.17, 15) is 18.0 Å². The molecule has 0 aliphatic rings. The zero-order valence-electron chi connectivity index (χ0n) is 12.9. The van der Waals surface area contributed by atoms with Crippen molar-refractivity contribution in [3.8, 4) is 0 Å². The fraction of sp³-hybridized carbons (Fsp3) is 0.312. The molecule has 0 saturated heterocycles. The second-order valence-electron chi connectivity index (χ2n) is 4.89. The summed E-state index contributed by atoms with van der Waals surface area (Å²) in [5.41, 5.74) is 0.348. The molecule has 2 aromatic rings. The summed E-state index contributed by atoms with van der Waals surface area (Å²) in [7, 11) is 0. The fourth-order valence-corrected chi connectivity index (χ4v) is 1.92. The lowest BCUT2D eigenvalue weighted by Crippen LogP contribution is -2.10. The number of nitrogens with one attached hydrogen (secondary N) is 1. The van der Waals surface area contributed by atoms with Gasteiger partial charge in [-0.15, -0.1) is 0 Å². The normalized spacial score (nSPS) is 11.2. The van der Waals surface area contributed by atoms with Gasteiger partial charge in [-0.1, -0.05) is 12.1 Å². The third kappa shape index (κ3) is 4.94. The van der Waals surface area contributed by atoms with E-state index < -0.39 is 17.7 Å². The van der Waals surface area contributed by atoms with Crippen molar-refractivity contribution >= 4 is 11.9 Å². The summed E-state index contributed by atoms with van der Waals surface area (Å²) in [6.07, 6.45) is -1.11. The minimum absolute atomic E-state index is 0.255. The summed E-state index contributed by atoms with van der Waals surface area (Å²) in [6.45, 7) is 2.42. The number of rotatable bonds is 6. The maximum Gasteiger partial charge on any atom is 0.416 e. The molecule has 5 nitrogen and oxygen atoms in total.